The number of hydrogen-bond acceptors (Lipinski definition) is 2. The molecule has 22 heavy (non-hydrogen) atoms. The average molecular weight is 298 g/mol. The first kappa shape index (κ1) is 13.4. The van der Waals surface area contributed by atoms with Gasteiger partial charge in [0.05, 0.1) is 18.1 Å². The molecule has 1 aliphatic heterocycles. The van der Waals surface area contributed by atoms with Crippen molar-refractivity contribution in [3.05, 3.63) is 45.8 Å². The monoisotopic (exact) mass is 298 g/mol. The number of rotatable bonds is 2. The van der Waals surface area contributed by atoms with Crippen LogP contribution in [0.25, 0.3) is 12.3 Å². The van der Waals surface area contributed by atoms with Gasteiger partial charge in [0.2, 0.25) is 0 Å². The third kappa shape index (κ3) is 2.10. The first-order valence-electron chi connectivity index (χ1n) is 7.78. The van der Waals surface area contributed by atoms with Crippen molar-refractivity contribution in [3.63, 3.8) is 0 Å². The van der Waals surface area contributed by atoms with Gasteiger partial charge in [-0.1, -0.05) is 6.08 Å². The molecule has 0 bridgehead atoms. The third-order valence-electron chi connectivity index (χ3n) is 4.61. The second-order valence-electron chi connectivity index (χ2n) is 5.92. The third-order valence-corrected chi connectivity index (χ3v) is 4.61. The number of H-pyrrole nitrogens is 1. The predicted octanol–water partition coefficient (Wildman–Crippen LogP) is 2.08. The lowest BCUT2D eigenvalue weighted by molar-refractivity contribution is 0.414. The number of hydrogen-bond donors (Lipinski definition) is 1. The second-order valence-corrected chi connectivity index (χ2v) is 5.92. The molecule has 1 aliphatic carbocycles. The summed E-state index contributed by atoms with van der Waals surface area (Å²) in [5, 5.41) is 2.41. The van der Waals surface area contributed by atoms with Gasteiger partial charge in [-0.15, -0.1) is 0 Å². The van der Waals surface area contributed by atoms with Crippen LogP contribution in [0, 0.1) is 5.82 Å². The minimum atomic E-state index is -0.231. The van der Waals surface area contributed by atoms with Gasteiger partial charge in [-0.05, 0) is 43.4 Å². The van der Waals surface area contributed by atoms with E-state index in [-0.39, 0.29) is 5.82 Å². The maximum absolute atomic E-state index is 14.2. The molecule has 0 unspecified atom stereocenters. The van der Waals surface area contributed by atoms with Crippen LogP contribution in [0.15, 0.2) is 18.2 Å². The molecule has 3 nitrogen and oxygen atoms in total. The van der Waals surface area contributed by atoms with Gasteiger partial charge in [-0.25, -0.2) is 4.39 Å². The average Bonchev–Trinajstić information content (AvgIpc) is 2.93. The number of ether oxygens (including phenoxy) is 1. The molecule has 1 aromatic carbocycles. The second kappa shape index (κ2) is 5.20. The van der Waals surface area contributed by atoms with Gasteiger partial charge in [0, 0.05) is 29.7 Å². The fourth-order valence-electron chi connectivity index (χ4n) is 3.47. The normalized spacial score (nSPS) is 16.4. The largest absolute Gasteiger partial charge is 0.497 e. The van der Waals surface area contributed by atoms with E-state index in [0.717, 1.165) is 18.2 Å². The highest BCUT2D eigenvalue weighted by Gasteiger charge is 2.17. The first-order chi connectivity index (χ1) is 10.8. The Balaban J connectivity index is 1.79. The molecular weight excluding hydrogens is 279 g/mol. The van der Waals surface area contributed by atoms with E-state index in [0.29, 0.717) is 18.0 Å². The zero-order valence-electron chi connectivity index (χ0n) is 12.7. The predicted molar refractivity (Wildman–Crippen MR) is 85.9 cm³/mol. The number of halogens is 1. The molecule has 0 saturated carbocycles. The Labute approximate surface area is 128 Å². The van der Waals surface area contributed by atoms with Gasteiger partial charge in [0.1, 0.15) is 11.6 Å². The van der Waals surface area contributed by atoms with Crippen molar-refractivity contribution in [1.82, 2.24) is 4.98 Å². The van der Waals surface area contributed by atoms with Crippen LogP contribution >= 0.6 is 0 Å². The number of aromatic nitrogens is 1. The van der Waals surface area contributed by atoms with Crippen LogP contribution in [0.5, 0.6) is 5.75 Å². The summed E-state index contributed by atoms with van der Waals surface area (Å²) < 4.78 is 19.4. The number of aryl methyl sites for hydroxylation is 1. The maximum Gasteiger partial charge on any atom is 0.147 e. The number of benzene rings is 1. The zero-order valence-corrected chi connectivity index (χ0v) is 12.7. The van der Waals surface area contributed by atoms with Crippen LogP contribution < -0.4 is 20.2 Å². The van der Waals surface area contributed by atoms with Crippen molar-refractivity contribution in [2.24, 2.45) is 0 Å². The Morgan fingerprint density at radius 2 is 2.09 bits per heavy atom. The summed E-state index contributed by atoms with van der Waals surface area (Å²) in [7, 11) is 1.60. The van der Waals surface area contributed by atoms with Gasteiger partial charge in [0.25, 0.3) is 0 Å². The Bertz CT molecular complexity index is 838. The Kier molecular flexibility index (Phi) is 3.17. The fourth-order valence-corrected chi connectivity index (χ4v) is 3.47. The highest BCUT2D eigenvalue weighted by Crippen LogP contribution is 2.26. The molecule has 0 amide bonds. The van der Waals surface area contributed by atoms with E-state index in [1.807, 2.05) is 11.1 Å². The van der Waals surface area contributed by atoms with Crippen LogP contribution in [0.2, 0.25) is 0 Å². The van der Waals surface area contributed by atoms with Crippen molar-refractivity contribution in [2.75, 3.05) is 18.6 Å². The topological polar surface area (TPSA) is 28.3 Å². The Hall–Kier alpha value is -2.23. The summed E-state index contributed by atoms with van der Waals surface area (Å²) in [6.45, 7) is 0.682. The minimum absolute atomic E-state index is 0.231. The van der Waals surface area contributed by atoms with Gasteiger partial charge < -0.3 is 14.6 Å². The summed E-state index contributed by atoms with van der Waals surface area (Å²) in [6.07, 6.45) is 9.01. The maximum atomic E-state index is 14.2. The molecule has 2 aromatic rings. The number of aromatic amines is 1. The lowest BCUT2D eigenvalue weighted by atomic mass is 9.96. The van der Waals surface area contributed by atoms with Crippen LogP contribution in [-0.2, 0) is 12.8 Å². The molecule has 4 rings (SSSR count). The van der Waals surface area contributed by atoms with Gasteiger partial charge in [-0.2, -0.15) is 0 Å². The van der Waals surface area contributed by atoms with Crippen LogP contribution in [0.1, 0.15) is 24.1 Å². The van der Waals surface area contributed by atoms with Crippen molar-refractivity contribution < 1.29 is 9.13 Å². The Morgan fingerprint density at radius 3 is 2.95 bits per heavy atom. The quantitative estimate of drug-likeness (QED) is 0.919. The van der Waals surface area contributed by atoms with Crippen LogP contribution in [0.3, 0.4) is 0 Å². The van der Waals surface area contributed by atoms with E-state index < -0.39 is 0 Å². The Morgan fingerprint density at radius 1 is 1.23 bits per heavy atom. The summed E-state index contributed by atoms with van der Waals surface area (Å²) in [5.74, 6) is 0.437. The van der Waals surface area contributed by atoms with E-state index in [1.165, 1.54) is 35.4 Å². The minimum Gasteiger partial charge on any atom is -0.497 e. The summed E-state index contributed by atoms with van der Waals surface area (Å²) >= 11 is 0. The lowest BCUT2D eigenvalue weighted by Gasteiger charge is -2.21. The number of fused-ring (bicyclic) bond motifs is 3. The smallest absolute Gasteiger partial charge is 0.147 e. The summed E-state index contributed by atoms with van der Waals surface area (Å²) in [4.78, 5) is 5.45. The van der Waals surface area contributed by atoms with E-state index in [4.69, 9.17) is 4.74 Å². The number of anilines is 1. The number of nitrogens with zero attached hydrogens (tertiary/aromatic N) is 1. The number of methoxy groups -OCH3 is 1. The lowest BCUT2D eigenvalue weighted by Crippen LogP contribution is -2.36. The molecule has 0 spiro atoms. The molecule has 1 N–H and O–H groups in total. The molecule has 114 valence electrons. The molecule has 4 heteroatoms. The molecule has 0 fully saturated rings. The number of nitrogens with one attached hydrogen (secondary N) is 1. The van der Waals surface area contributed by atoms with E-state index >= 15 is 0 Å². The zero-order chi connectivity index (χ0) is 15.1. The highest BCUT2D eigenvalue weighted by atomic mass is 19.1. The molecule has 2 aliphatic rings. The standard InChI is InChI=1S/C18H19FN2O/c1-22-12-6-7-15(19)18(10-12)21-9-8-14-13-4-2-3-5-16(13)20-17(14)11-21/h6-8,10-11,20H,2-5,9H2,1H3. The van der Waals surface area contributed by atoms with Crippen molar-refractivity contribution in [3.8, 4) is 5.75 Å². The van der Waals surface area contributed by atoms with Crippen LogP contribution in [0.4, 0.5) is 10.1 Å². The van der Waals surface area contributed by atoms with E-state index in [9.17, 15) is 4.39 Å². The van der Waals surface area contributed by atoms with Gasteiger partial charge in [0.15, 0.2) is 0 Å². The first-order valence-corrected chi connectivity index (χ1v) is 7.78. The van der Waals surface area contributed by atoms with E-state index in [1.54, 1.807) is 19.2 Å². The van der Waals surface area contributed by atoms with Gasteiger partial charge in [-0.3, -0.25) is 0 Å². The van der Waals surface area contributed by atoms with Crippen molar-refractivity contribution >= 4 is 18.0 Å². The molecule has 2 heterocycles. The van der Waals surface area contributed by atoms with Crippen molar-refractivity contribution in [1.29, 1.82) is 0 Å². The van der Waals surface area contributed by atoms with Crippen LogP contribution in [-0.4, -0.2) is 18.6 Å². The van der Waals surface area contributed by atoms with Gasteiger partial charge >= 0.3 is 0 Å². The highest BCUT2D eigenvalue weighted by molar-refractivity contribution is 5.66. The SMILES string of the molecule is COc1ccc(F)c(N2C=c3[nH]c4c(c3=CC2)CCCC4)c1. The summed E-state index contributed by atoms with van der Waals surface area (Å²) in [6, 6.07) is 4.84. The fraction of sp³-hybridized carbons (Fsp3) is 0.333. The molecule has 1 aromatic heterocycles. The van der Waals surface area contributed by atoms with Crippen molar-refractivity contribution in [2.45, 2.75) is 25.7 Å². The summed E-state index contributed by atoms with van der Waals surface area (Å²) in [5.41, 5.74) is 3.37. The molecule has 0 radical (unpaired) electrons. The van der Waals surface area contributed by atoms with E-state index in [2.05, 4.69) is 11.1 Å². The molecule has 0 atom stereocenters. The molecular formula is C18H19FN2O. The molecule has 0 saturated heterocycles.